The number of para-hydroxylation sites is 1. The number of carbonyl (C=O) groups excluding carboxylic acids is 1. The summed E-state index contributed by atoms with van der Waals surface area (Å²) >= 11 is 6.33. The van der Waals surface area contributed by atoms with Gasteiger partial charge in [0.1, 0.15) is 17.2 Å². The van der Waals surface area contributed by atoms with Gasteiger partial charge in [0.2, 0.25) is 0 Å². The van der Waals surface area contributed by atoms with Crippen LogP contribution >= 0.6 is 11.6 Å². The first-order valence-electron chi connectivity index (χ1n) is 11.1. The van der Waals surface area contributed by atoms with Crippen LogP contribution in [0.2, 0.25) is 5.02 Å². The van der Waals surface area contributed by atoms with Crippen LogP contribution in [0.4, 0.5) is 11.4 Å². The molecule has 1 amide bonds. The molecule has 4 N–H and O–H groups in total. The number of carbonyl (C=O) groups is 1. The van der Waals surface area contributed by atoms with Crippen LogP contribution < -0.4 is 20.7 Å². The van der Waals surface area contributed by atoms with Crippen LogP contribution in [0, 0.1) is 0 Å². The number of hydrogen-bond donors (Lipinski definition) is 4. The standard InChI is InChI=1S/C26H25ClN4O2/c27-18-13-17-14-24(31-25(17)23(15-18)29-16-20-5-4-12-28-20)26(32)30-19-8-10-22(11-9-19)33-21-6-2-1-3-7-21/h1-3,6-11,13-15,20,28-29,31H,4-5,12,16H2,(H,30,32). The SMILES string of the molecule is O=C(Nc1ccc(Oc2ccccc2)cc1)c1cc2cc(Cl)cc(NCC3CCCN3)c2[nH]1. The molecule has 0 aliphatic carbocycles. The minimum Gasteiger partial charge on any atom is -0.457 e. The van der Waals surface area contributed by atoms with E-state index in [9.17, 15) is 4.79 Å². The van der Waals surface area contributed by atoms with E-state index < -0.39 is 0 Å². The van der Waals surface area contributed by atoms with Crippen LogP contribution in [0.1, 0.15) is 23.3 Å². The smallest absolute Gasteiger partial charge is 0.272 e. The Kier molecular flexibility index (Phi) is 6.19. The van der Waals surface area contributed by atoms with E-state index in [1.165, 1.54) is 6.42 Å². The van der Waals surface area contributed by atoms with Crippen LogP contribution in [-0.2, 0) is 0 Å². The Hall–Kier alpha value is -3.48. The van der Waals surface area contributed by atoms with Gasteiger partial charge in [0.15, 0.2) is 0 Å². The van der Waals surface area contributed by atoms with Gasteiger partial charge >= 0.3 is 0 Å². The highest BCUT2D eigenvalue weighted by Gasteiger charge is 2.16. The summed E-state index contributed by atoms with van der Waals surface area (Å²) < 4.78 is 5.80. The average molecular weight is 461 g/mol. The molecule has 1 unspecified atom stereocenters. The van der Waals surface area contributed by atoms with Gasteiger partial charge in [0.25, 0.3) is 5.91 Å². The highest BCUT2D eigenvalue weighted by atomic mass is 35.5. The van der Waals surface area contributed by atoms with Crippen molar-refractivity contribution in [1.29, 1.82) is 0 Å². The van der Waals surface area contributed by atoms with Crippen molar-refractivity contribution < 1.29 is 9.53 Å². The topological polar surface area (TPSA) is 78.2 Å². The Bertz CT molecular complexity index is 1250. The fourth-order valence-electron chi connectivity index (χ4n) is 4.06. The average Bonchev–Trinajstić information content (AvgIpc) is 3.49. The molecule has 168 valence electrons. The number of ether oxygens (including phenoxy) is 1. The second-order valence-corrected chi connectivity index (χ2v) is 8.60. The Labute approximate surface area is 197 Å². The summed E-state index contributed by atoms with van der Waals surface area (Å²) in [5, 5.41) is 11.4. The summed E-state index contributed by atoms with van der Waals surface area (Å²) in [6.07, 6.45) is 2.35. The lowest BCUT2D eigenvalue weighted by molar-refractivity contribution is 0.102. The number of benzene rings is 3. The third kappa shape index (κ3) is 5.13. The molecule has 1 aromatic heterocycles. The minimum atomic E-state index is -0.220. The van der Waals surface area contributed by atoms with Crippen molar-refractivity contribution >= 4 is 39.8 Å². The van der Waals surface area contributed by atoms with Crippen molar-refractivity contribution in [3.63, 3.8) is 0 Å². The molecule has 0 spiro atoms. The van der Waals surface area contributed by atoms with E-state index in [1.54, 1.807) is 0 Å². The highest BCUT2D eigenvalue weighted by molar-refractivity contribution is 6.32. The maximum absolute atomic E-state index is 12.9. The number of H-pyrrole nitrogens is 1. The zero-order chi connectivity index (χ0) is 22.6. The molecule has 4 aromatic rings. The molecule has 1 aliphatic heterocycles. The van der Waals surface area contributed by atoms with Gasteiger partial charge in [-0.1, -0.05) is 29.8 Å². The van der Waals surface area contributed by atoms with Gasteiger partial charge in [0, 0.05) is 28.7 Å². The number of halogens is 1. The molecule has 0 saturated carbocycles. The zero-order valence-electron chi connectivity index (χ0n) is 18.0. The van der Waals surface area contributed by atoms with E-state index in [4.69, 9.17) is 16.3 Å². The number of amides is 1. The molecule has 1 fully saturated rings. The van der Waals surface area contributed by atoms with E-state index in [0.717, 1.165) is 41.9 Å². The van der Waals surface area contributed by atoms with Crippen LogP contribution in [0.3, 0.4) is 0 Å². The van der Waals surface area contributed by atoms with Gasteiger partial charge in [-0.15, -0.1) is 0 Å². The van der Waals surface area contributed by atoms with Crippen molar-refractivity contribution in [2.45, 2.75) is 18.9 Å². The normalized spacial score (nSPS) is 15.5. The summed E-state index contributed by atoms with van der Waals surface area (Å²) in [7, 11) is 0. The molecule has 2 heterocycles. The van der Waals surface area contributed by atoms with E-state index in [2.05, 4.69) is 20.9 Å². The van der Waals surface area contributed by atoms with Crippen molar-refractivity contribution in [3.8, 4) is 11.5 Å². The molecule has 1 saturated heterocycles. The molecule has 0 bridgehead atoms. The molecular weight excluding hydrogens is 436 g/mol. The number of rotatable bonds is 7. The molecule has 1 aliphatic rings. The summed E-state index contributed by atoms with van der Waals surface area (Å²) in [6.45, 7) is 1.87. The maximum atomic E-state index is 12.9. The number of nitrogens with one attached hydrogen (secondary N) is 4. The fraction of sp³-hybridized carbons (Fsp3) is 0.192. The first kappa shape index (κ1) is 21.4. The third-order valence-electron chi connectivity index (χ3n) is 5.73. The maximum Gasteiger partial charge on any atom is 0.272 e. The van der Waals surface area contributed by atoms with Crippen LogP contribution in [0.25, 0.3) is 10.9 Å². The number of fused-ring (bicyclic) bond motifs is 1. The summed E-state index contributed by atoms with van der Waals surface area (Å²) in [5.74, 6) is 1.24. The molecule has 6 nitrogen and oxygen atoms in total. The third-order valence-corrected chi connectivity index (χ3v) is 5.95. The van der Waals surface area contributed by atoms with E-state index in [-0.39, 0.29) is 5.91 Å². The highest BCUT2D eigenvalue weighted by Crippen LogP contribution is 2.29. The predicted molar refractivity (Wildman–Crippen MR) is 134 cm³/mol. The second-order valence-electron chi connectivity index (χ2n) is 8.17. The van der Waals surface area contributed by atoms with Crippen LogP contribution in [0.5, 0.6) is 11.5 Å². The van der Waals surface area contributed by atoms with Crippen molar-refractivity contribution in [2.24, 2.45) is 0 Å². The van der Waals surface area contributed by atoms with Gasteiger partial charge in [-0.2, -0.15) is 0 Å². The quantitative estimate of drug-likeness (QED) is 0.271. The predicted octanol–water partition coefficient (Wildman–Crippen LogP) is 6.03. The van der Waals surface area contributed by atoms with Gasteiger partial charge in [-0.3, -0.25) is 4.79 Å². The number of aromatic nitrogens is 1. The Morgan fingerprint density at radius 1 is 1.03 bits per heavy atom. The Balaban J connectivity index is 1.28. The first-order valence-corrected chi connectivity index (χ1v) is 11.5. The zero-order valence-corrected chi connectivity index (χ0v) is 18.8. The van der Waals surface area contributed by atoms with Gasteiger partial charge in [-0.05, 0) is 74.0 Å². The number of hydrogen-bond acceptors (Lipinski definition) is 4. The molecular formula is C26H25ClN4O2. The van der Waals surface area contributed by atoms with Crippen LogP contribution in [0.15, 0.2) is 72.8 Å². The molecule has 7 heteroatoms. The lowest BCUT2D eigenvalue weighted by atomic mass is 10.2. The first-order chi connectivity index (χ1) is 16.1. The van der Waals surface area contributed by atoms with Crippen molar-refractivity contribution in [2.75, 3.05) is 23.7 Å². The van der Waals surface area contributed by atoms with Gasteiger partial charge in [0.05, 0.1) is 11.2 Å². The van der Waals surface area contributed by atoms with E-state index in [0.29, 0.717) is 28.2 Å². The minimum absolute atomic E-state index is 0.220. The lowest BCUT2D eigenvalue weighted by Gasteiger charge is -2.13. The summed E-state index contributed by atoms with van der Waals surface area (Å²) in [4.78, 5) is 16.1. The van der Waals surface area contributed by atoms with E-state index >= 15 is 0 Å². The number of anilines is 2. The van der Waals surface area contributed by atoms with Crippen molar-refractivity contribution in [1.82, 2.24) is 10.3 Å². The Morgan fingerprint density at radius 2 is 1.82 bits per heavy atom. The van der Waals surface area contributed by atoms with Gasteiger partial charge in [-0.25, -0.2) is 0 Å². The molecule has 3 aromatic carbocycles. The van der Waals surface area contributed by atoms with Gasteiger partial charge < -0.3 is 25.7 Å². The molecule has 33 heavy (non-hydrogen) atoms. The van der Waals surface area contributed by atoms with Crippen LogP contribution in [-0.4, -0.2) is 30.0 Å². The molecule has 5 rings (SSSR count). The second kappa shape index (κ2) is 9.57. The summed E-state index contributed by atoms with van der Waals surface area (Å²) in [5.41, 5.74) is 2.92. The fourth-order valence-corrected chi connectivity index (χ4v) is 4.29. The van der Waals surface area contributed by atoms with Crippen molar-refractivity contribution in [3.05, 3.63) is 83.5 Å². The molecule has 1 atom stereocenters. The number of aromatic amines is 1. The Morgan fingerprint density at radius 3 is 2.58 bits per heavy atom. The summed E-state index contributed by atoms with van der Waals surface area (Å²) in [6, 6.07) is 22.9. The lowest BCUT2D eigenvalue weighted by Crippen LogP contribution is -2.29. The monoisotopic (exact) mass is 460 g/mol. The largest absolute Gasteiger partial charge is 0.457 e. The molecule has 0 radical (unpaired) electrons. The van der Waals surface area contributed by atoms with E-state index in [1.807, 2.05) is 72.8 Å².